The topological polar surface area (TPSA) is 87.8 Å². The molecular weight excluding hydrogens is 290 g/mol. The molecule has 6 nitrogen and oxygen atoms in total. The Labute approximate surface area is 115 Å². The average Bonchev–Trinajstić information content (AvgIpc) is 2.76. The zero-order valence-electron chi connectivity index (χ0n) is 10.4. The van der Waals surface area contributed by atoms with E-state index in [9.17, 15) is 13.2 Å². The van der Waals surface area contributed by atoms with Crippen molar-refractivity contribution in [3.05, 3.63) is 23.7 Å². The third-order valence-electron chi connectivity index (χ3n) is 3.00. The predicted octanol–water partition coefficient (Wildman–Crippen LogP) is 0.897. The summed E-state index contributed by atoms with van der Waals surface area (Å²) in [6.45, 7) is 0.892. The summed E-state index contributed by atoms with van der Waals surface area (Å²) < 4.78 is 28.4. The standard InChI is InChI=1S/C11H15NO5S2/c1-19(15,16)9-7-18-5-3-12(9)6-8-2-4-17-10(8)11(13)14/h2,4,9H,3,5-7H2,1H3,(H,13,14). The molecule has 1 aromatic rings. The van der Waals surface area contributed by atoms with E-state index in [1.807, 2.05) is 0 Å². The van der Waals surface area contributed by atoms with Crippen molar-refractivity contribution in [2.24, 2.45) is 0 Å². The molecule has 1 N–H and O–H groups in total. The van der Waals surface area contributed by atoms with Gasteiger partial charge in [0.25, 0.3) is 0 Å². The van der Waals surface area contributed by atoms with Crippen LogP contribution in [0.2, 0.25) is 0 Å². The SMILES string of the molecule is CS(=O)(=O)C1CSCCN1Cc1ccoc1C(=O)O. The summed E-state index contributed by atoms with van der Waals surface area (Å²) in [6, 6.07) is 1.57. The van der Waals surface area contributed by atoms with Gasteiger partial charge in [0.05, 0.1) is 6.26 Å². The van der Waals surface area contributed by atoms with Crippen LogP contribution in [0.1, 0.15) is 16.1 Å². The molecule has 0 aliphatic carbocycles. The number of carboxylic acid groups (broad SMARTS) is 1. The van der Waals surface area contributed by atoms with Gasteiger partial charge in [-0.2, -0.15) is 11.8 Å². The van der Waals surface area contributed by atoms with Crippen LogP contribution in [0.5, 0.6) is 0 Å². The zero-order valence-corrected chi connectivity index (χ0v) is 12.0. The lowest BCUT2D eigenvalue weighted by Gasteiger charge is -2.33. The van der Waals surface area contributed by atoms with Crippen LogP contribution in [-0.2, 0) is 16.4 Å². The molecule has 1 aromatic heterocycles. The van der Waals surface area contributed by atoms with Crippen LogP contribution < -0.4 is 0 Å². The van der Waals surface area contributed by atoms with Gasteiger partial charge >= 0.3 is 5.97 Å². The molecule has 0 bridgehead atoms. The summed E-state index contributed by atoms with van der Waals surface area (Å²) in [4.78, 5) is 12.8. The van der Waals surface area contributed by atoms with E-state index in [2.05, 4.69) is 0 Å². The highest BCUT2D eigenvalue weighted by molar-refractivity contribution is 8.00. The number of carbonyl (C=O) groups is 1. The van der Waals surface area contributed by atoms with E-state index in [4.69, 9.17) is 9.52 Å². The Morgan fingerprint density at radius 1 is 1.63 bits per heavy atom. The quantitative estimate of drug-likeness (QED) is 0.884. The molecule has 1 unspecified atom stereocenters. The Hall–Kier alpha value is -0.990. The molecule has 2 heterocycles. The summed E-state index contributed by atoms with van der Waals surface area (Å²) in [7, 11) is -3.18. The highest BCUT2D eigenvalue weighted by atomic mass is 32.2. The van der Waals surface area contributed by atoms with Crippen LogP contribution >= 0.6 is 11.8 Å². The molecule has 0 radical (unpaired) electrons. The van der Waals surface area contributed by atoms with Gasteiger partial charge in [0, 0.05) is 36.4 Å². The number of hydrogen-bond donors (Lipinski definition) is 1. The fourth-order valence-corrected chi connectivity index (χ4v) is 5.00. The van der Waals surface area contributed by atoms with Crippen molar-refractivity contribution in [2.75, 3.05) is 24.3 Å². The van der Waals surface area contributed by atoms with Gasteiger partial charge < -0.3 is 9.52 Å². The van der Waals surface area contributed by atoms with E-state index in [-0.39, 0.29) is 12.3 Å². The van der Waals surface area contributed by atoms with Crippen molar-refractivity contribution in [2.45, 2.75) is 11.9 Å². The molecule has 0 saturated carbocycles. The van der Waals surface area contributed by atoms with Crippen LogP contribution in [0.15, 0.2) is 16.7 Å². The van der Waals surface area contributed by atoms with E-state index in [1.54, 1.807) is 22.7 Å². The molecule has 8 heteroatoms. The minimum absolute atomic E-state index is 0.120. The van der Waals surface area contributed by atoms with Gasteiger partial charge in [-0.1, -0.05) is 0 Å². The Morgan fingerprint density at radius 3 is 3.00 bits per heavy atom. The Bertz CT molecular complexity index is 565. The first kappa shape index (κ1) is 14.4. The lowest BCUT2D eigenvalue weighted by atomic mass is 10.2. The maximum Gasteiger partial charge on any atom is 0.372 e. The largest absolute Gasteiger partial charge is 0.475 e. The third-order valence-corrected chi connectivity index (χ3v) is 5.69. The molecule has 1 aliphatic rings. The summed E-state index contributed by atoms with van der Waals surface area (Å²) in [5.74, 6) is 0.0958. The molecule has 2 rings (SSSR count). The van der Waals surface area contributed by atoms with E-state index in [1.165, 1.54) is 12.5 Å². The Balaban J connectivity index is 2.20. The number of furan rings is 1. The molecule has 1 aliphatic heterocycles. The van der Waals surface area contributed by atoms with Crippen LogP contribution in [0.3, 0.4) is 0 Å². The van der Waals surface area contributed by atoms with E-state index >= 15 is 0 Å². The summed E-state index contributed by atoms with van der Waals surface area (Å²) in [5.41, 5.74) is 0.507. The summed E-state index contributed by atoms with van der Waals surface area (Å²) in [5, 5.41) is 8.41. The number of carboxylic acids is 1. The van der Waals surface area contributed by atoms with Gasteiger partial charge in [-0.15, -0.1) is 0 Å². The maximum atomic E-state index is 11.7. The van der Waals surface area contributed by atoms with Gasteiger partial charge in [-0.3, -0.25) is 4.90 Å². The smallest absolute Gasteiger partial charge is 0.372 e. The van der Waals surface area contributed by atoms with Crippen LogP contribution in [0.25, 0.3) is 0 Å². The first-order chi connectivity index (χ1) is 8.89. The first-order valence-corrected chi connectivity index (χ1v) is 8.81. The van der Waals surface area contributed by atoms with Gasteiger partial charge in [-0.25, -0.2) is 13.2 Å². The number of hydrogen-bond acceptors (Lipinski definition) is 6. The van der Waals surface area contributed by atoms with Crippen molar-refractivity contribution in [1.82, 2.24) is 4.90 Å². The Morgan fingerprint density at radius 2 is 2.37 bits per heavy atom. The zero-order chi connectivity index (χ0) is 14.0. The first-order valence-electron chi connectivity index (χ1n) is 5.70. The van der Waals surface area contributed by atoms with E-state index < -0.39 is 21.2 Å². The number of nitrogens with zero attached hydrogens (tertiary/aromatic N) is 1. The van der Waals surface area contributed by atoms with Crippen LogP contribution in [-0.4, -0.2) is 54.1 Å². The fourth-order valence-electron chi connectivity index (χ4n) is 2.06. The van der Waals surface area contributed by atoms with Crippen LogP contribution in [0.4, 0.5) is 0 Å². The average molecular weight is 305 g/mol. The van der Waals surface area contributed by atoms with E-state index in [0.717, 1.165) is 5.75 Å². The lowest BCUT2D eigenvalue weighted by molar-refractivity contribution is 0.0659. The molecule has 106 valence electrons. The maximum absolute atomic E-state index is 11.7. The molecular formula is C11H15NO5S2. The van der Waals surface area contributed by atoms with Crippen molar-refractivity contribution in [3.63, 3.8) is 0 Å². The number of thioether (sulfide) groups is 1. The molecule has 0 amide bonds. The van der Waals surface area contributed by atoms with Crippen molar-refractivity contribution in [1.29, 1.82) is 0 Å². The second kappa shape index (κ2) is 5.56. The van der Waals surface area contributed by atoms with Crippen molar-refractivity contribution < 1.29 is 22.7 Å². The second-order valence-electron chi connectivity index (χ2n) is 4.41. The van der Waals surface area contributed by atoms with Crippen LogP contribution in [0, 0.1) is 0 Å². The minimum atomic E-state index is -3.18. The van der Waals surface area contributed by atoms with E-state index in [0.29, 0.717) is 17.9 Å². The van der Waals surface area contributed by atoms with Gasteiger partial charge in [0.1, 0.15) is 5.37 Å². The molecule has 1 fully saturated rings. The highest BCUT2D eigenvalue weighted by Crippen LogP contribution is 2.23. The number of sulfone groups is 1. The van der Waals surface area contributed by atoms with Gasteiger partial charge in [0.15, 0.2) is 9.84 Å². The monoisotopic (exact) mass is 305 g/mol. The number of rotatable bonds is 4. The predicted molar refractivity (Wildman–Crippen MR) is 72.0 cm³/mol. The van der Waals surface area contributed by atoms with Crippen molar-refractivity contribution in [3.8, 4) is 0 Å². The number of aromatic carboxylic acids is 1. The Kier molecular flexibility index (Phi) is 4.22. The third kappa shape index (κ3) is 3.31. The molecule has 1 atom stereocenters. The highest BCUT2D eigenvalue weighted by Gasteiger charge is 2.32. The molecule has 0 aromatic carbocycles. The second-order valence-corrected chi connectivity index (χ2v) is 7.76. The molecule has 0 spiro atoms. The summed E-state index contributed by atoms with van der Waals surface area (Å²) in [6.07, 6.45) is 2.52. The lowest BCUT2D eigenvalue weighted by Crippen LogP contribution is -2.46. The normalized spacial score (nSPS) is 21.4. The summed E-state index contributed by atoms with van der Waals surface area (Å²) >= 11 is 1.60. The fraction of sp³-hybridized carbons (Fsp3) is 0.545. The van der Waals surface area contributed by atoms with Gasteiger partial charge in [-0.05, 0) is 6.07 Å². The van der Waals surface area contributed by atoms with Crippen molar-refractivity contribution >= 4 is 27.6 Å². The molecule has 19 heavy (non-hydrogen) atoms. The van der Waals surface area contributed by atoms with Gasteiger partial charge in [0.2, 0.25) is 5.76 Å². The molecule has 1 saturated heterocycles. The minimum Gasteiger partial charge on any atom is -0.475 e.